The molecule has 2 aromatic rings. The lowest BCUT2D eigenvalue weighted by Gasteiger charge is -2.08. The van der Waals surface area contributed by atoms with Gasteiger partial charge in [0.1, 0.15) is 12.4 Å². The first kappa shape index (κ1) is 13.1. The summed E-state index contributed by atoms with van der Waals surface area (Å²) in [6, 6.07) is 7.20. The zero-order valence-corrected chi connectivity index (χ0v) is 12.4. The molecule has 1 heterocycles. The molecular weight excluding hydrogens is 364 g/mol. The maximum atomic E-state index is 11.8. The Bertz CT molecular complexity index is 582. The molecule has 0 unspecified atom stereocenters. The van der Waals surface area contributed by atoms with Crippen molar-refractivity contribution in [2.24, 2.45) is 0 Å². The molecule has 0 aliphatic rings. The third-order valence-corrected chi connectivity index (χ3v) is 3.35. The van der Waals surface area contributed by atoms with Crippen molar-refractivity contribution in [3.63, 3.8) is 0 Å². The number of carbonyl (C=O) groups excluding carboxylic acids is 1. The number of benzene rings is 1. The standard InChI is InChI=1S/C11H10Br2N4O/c12-7-1-2-8(13)9(5-7)15-11(18)6-17-4-3-10(14)16-17/h1-5H,6H2,(H2,14,16)(H,15,18). The van der Waals surface area contributed by atoms with Gasteiger partial charge in [0.05, 0.1) is 5.69 Å². The van der Waals surface area contributed by atoms with Crippen LogP contribution in [0.4, 0.5) is 11.5 Å². The lowest BCUT2D eigenvalue weighted by molar-refractivity contribution is -0.116. The smallest absolute Gasteiger partial charge is 0.246 e. The first-order valence-electron chi connectivity index (χ1n) is 5.08. The van der Waals surface area contributed by atoms with Gasteiger partial charge in [-0.3, -0.25) is 9.48 Å². The monoisotopic (exact) mass is 372 g/mol. The predicted octanol–water partition coefficient (Wildman–Crippen LogP) is 2.63. The van der Waals surface area contributed by atoms with E-state index >= 15 is 0 Å². The number of rotatable bonds is 3. The molecule has 2 rings (SSSR count). The van der Waals surface area contributed by atoms with Crippen molar-refractivity contribution < 1.29 is 4.79 Å². The SMILES string of the molecule is Nc1ccn(CC(=O)Nc2cc(Br)ccc2Br)n1. The van der Waals surface area contributed by atoms with E-state index in [1.54, 1.807) is 12.3 Å². The van der Waals surface area contributed by atoms with E-state index in [0.717, 1.165) is 8.95 Å². The van der Waals surface area contributed by atoms with E-state index in [4.69, 9.17) is 5.73 Å². The van der Waals surface area contributed by atoms with Crippen molar-refractivity contribution in [2.75, 3.05) is 11.1 Å². The molecule has 0 spiro atoms. The van der Waals surface area contributed by atoms with Crippen LogP contribution in [-0.4, -0.2) is 15.7 Å². The van der Waals surface area contributed by atoms with Crippen LogP contribution in [0.2, 0.25) is 0 Å². The molecule has 0 atom stereocenters. The van der Waals surface area contributed by atoms with Gasteiger partial charge in [-0.1, -0.05) is 15.9 Å². The fraction of sp³-hybridized carbons (Fsp3) is 0.0909. The van der Waals surface area contributed by atoms with E-state index in [2.05, 4.69) is 42.3 Å². The molecule has 7 heteroatoms. The quantitative estimate of drug-likeness (QED) is 0.868. The van der Waals surface area contributed by atoms with Crippen LogP contribution in [0.25, 0.3) is 0 Å². The summed E-state index contributed by atoms with van der Waals surface area (Å²) in [6.07, 6.45) is 1.66. The molecule has 0 saturated carbocycles. The molecule has 5 nitrogen and oxygen atoms in total. The number of hydrogen-bond donors (Lipinski definition) is 2. The van der Waals surface area contributed by atoms with Crippen LogP contribution >= 0.6 is 31.9 Å². The van der Waals surface area contributed by atoms with Gasteiger partial charge in [0.2, 0.25) is 5.91 Å². The minimum Gasteiger partial charge on any atom is -0.382 e. The van der Waals surface area contributed by atoms with E-state index in [1.165, 1.54) is 4.68 Å². The van der Waals surface area contributed by atoms with Gasteiger partial charge in [-0.05, 0) is 40.2 Å². The van der Waals surface area contributed by atoms with E-state index in [0.29, 0.717) is 11.5 Å². The summed E-state index contributed by atoms with van der Waals surface area (Å²) in [5, 5.41) is 6.74. The Morgan fingerprint density at radius 2 is 2.17 bits per heavy atom. The second-order valence-corrected chi connectivity index (χ2v) is 5.38. The zero-order valence-electron chi connectivity index (χ0n) is 9.23. The Morgan fingerprint density at radius 1 is 1.39 bits per heavy atom. The average Bonchev–Trinajstić information content (AvgIpc) is 2.69. The van der Waals surface area contributed by atoms with Crippen LogP contribution in [0.1, 0.15) is 0 Å². The van der Waals surface area contributed by atoms with Crippen LogP contribution in [0.5, 0.6) is 0 Å². The van der Waals surface area contributed by atoms with E-state index in [9.17, 15) is 4.79 Å². The molecule has 1 amide bonds. The van der Waals surface area contributed by atoms with Gasteiger partial charge in [-0.2, -0.15) is 5.10 Å². The van der Waals surface area contributed by atoms with E-state index < -0.39 is 0 Å². The van der Waals surface area contributed by atoms with Gasteiger partial charge in [0, 0.05) is 15.1 Å². The Kier molecular flexibility index (Phi) is 4.03. The summed E-state index contributed by atoms with van der Waals surface area (Å²) in [6.45, 7) is 0.121. The summed E-state index contributed by atoms with van der Waals surface area (Å²) >= 11 is 6.72. The summed E-state index contributed by atoms with van der Waals surface area (Å²) in [5.74, 6) is 0.225. The number of nitrogens with two attached hydrogens (primary N) is 1. The normalized spacial score (nSPS) is 10.3. The molecule has 1 aromatic carbocycles. The molecule has 0 saturated heterocycles. The number of carbonyl (C=O) groups is 1. The molecule has 0 fully saturated rings. The molecule has 3 N–H and O–H groups in total. The lowest BCUT2D eigenvalue weighted by Crippen LogP contribution is -2.19. The molecule has 18 heavy (non-hydrogen) atoms. The molecule has 0 aliphatic heterocycles. The van der Waals surface area contributed by atoms with Crippen molar-refractivity contribution in [1.82, 2.24) is 9.78 Å². The van der Waals surface area contributed by atoms with Gasteiger partial charge < -0.3 is 11.1 Å². The minimum atomic E-state index is -0.170. The number of nitrogens with one attached hydrogen (secondary N) is 1. The molecule has 0 radical (unpaired) electrons. The van der Waals surface area contributed by atoms with Gasteiger partial charge in [0.25, 0.3) is 0 Å². The maximum absolute atomic E-state index is 11.8. The van der Waals surface area contributed by atoms with Crippen LogP contribution in [-0.2, 0) is 11.3 Å². The van der Waals surface area contributed by atoms with Crippen LogP contribution in [0, 0.1) is 0 Å². The first-order valence-corrected chi connectivity index (χ1v) is 6.67. The molecule has 0 bridgehead atoms. The second-order valence-electron chi connectivity index (χ2n) is 3.61. The molecule has 1 aromatic heterocycles. The van der Waals surface area contributed by atoms with E-state index in [1.807, 2.05) is 18.2 Å². The number of hydrogen-bond acceptors (Lipinski definition) is 3. The highest BCUT2D eigenvalue weighted by molar-refractivity contribution is 9.11. The van der Waals surface area contributed by atoms with Gasteiger partial charge in [-0.25, -0.2) is 0 Å². The highest BCUT2D eigenvalue weighted by Gasteiger charge is 2.07. The van der Waals surface area contributed by atoms with Crippen molar-refractivity contribution >= 4 is 49.3 Å². The topological polar surface area (TPSA) is 72.9 Å². The number of nitrogens with zero attached hydrogens (tertiary/aromatic N) is 2. The average molecular weight is 374 g/mol. The third-order valence-electron chi connectivity index (χ3n) is 2.17. The number of aromatic nitrogens is 2. The Labute approximate surface area is 121 Å². The van der Waals surface area contributed by atoms with Crippen molar-refractivity contribution in [2.45, 2.75) is 6.54 Å². The fourth-order valence-electron chi connectivity index (χ4n) is 1.40. The van der Waals surface area contributed by atoms with Crippen molar-refractivity contribution in [3.05, 3.63) is 39.4 Å². The number of halogens is 2. The molecular formula is C11H10Br2N4O. The molecule has 94 valence electrons. The van der Waals surface area contributed by atoms with Crippen molar-refractivity contribution in [1.29, 1.82) is 0 Å². The zero-order chi connectivity index (χ0) is 13.1. The Balaban J connectivity index is 2.05. The Morgan fingerprint density at radius 3 is 2.83 bits per heavy atom. The Hall–Kier alpha value is -1.34. The van der Waals surface area contributed by atoms with Gasteiger partial charge in [0.15, 0.2) is 0 Å². The van der Waals surface area contributed by atoms with Crippen molar-refractivity contribution in [3.8, 4) is 0 Å². The highest BCUT2D eigenvalue weighted by Crippen LogP contribution is 2.26. The maximum Gasteiger partial charge on any atom is 0.246 e. The van der Waals surface area contributed by atoms with Crippen LogP contribution in [0.15, 0.2) is 39.4 Å². The fourth-order valence-corrected chi connectivity index (χ4v) is 2.10. The highest BCUT2D eigenvalue weighted by atomic mass is 79.9. The summed E-state index contributed by atoms with van der Waals surface area (Å²) in [4.78, 5) is 11.8. The van der Waals surface area contributed by atoms with Crippen LogP contribution in [0.3, 0.4) is 0 Å². The minimum absolute atomic E-state index is 0.121. The first-order chi connectivity index (χ1) is 8.54. The van der Waals surface area contributed by atoms with E-state index in [-0.39, 0.29) is 12.5 Å². The number of nitrogen functional groups attached to an aromatic ring is 1. The second kappa shape index (κ2) is 5.53. The third kappa shape index (κ3) is 3.33. The predicted molar refractivity (Wildman–Crippen MR) is 77.1 cm³/mol. The van der Waals surface area contributed by atoms with Gasteiger partial charge >= 0.3 is 0 Å². The largest absolute Gasteiger partial charge is 0.382 e. The lowest BCUT2D eigenvalue weighted by atomic mass is 10.3. The molecule has 0 aliphatic carbocycles. The number of amides is 1. The van der Waals surface area contributed by atoms with Gasteiger partial charge in [-0.15, -0.1) is 0 Å². The summed E-state index contributed by atoms with van der Waals surface area (Å²) in [5.41, 5.74) is 6.18. The number of anilines is 2. The van der Waals surface area contributed by atoms with Crippen LogP contribution < -0.4 is 11.1 Å². The summed E-state index contributed by atoms with van der Waals surface area (Å²) in [7, 11) is 0. The summed E-state index contributed by atoms with van der Waals surface area (Å²) < 4.78 is 3.19.